The van der Waals surface area contributed by atoms with Crippen molar-refractivity contribution in [3.63, 3.8) is 0 Å². The van der Waals surface area contributed by atoms with E-state index < -0.39 is 0 Å². The lowest BCUT2D eigenvalue weighted by Crippen LogP contribution is -2.46. The summed E-state index contributed by atoms with van der Waals surface area (Å²) in [5.41, 5.74) is 1.27. The number of terminal acetylenes is 2. The van der Waals surface area contributed by atoms with Gasteiger partial charge in [-0.15, -0.1) is 24.7 Å². The van der Waals surface area contributed by atoms with Crippen molar-refractivity contribution < 1.29 is 14.3 Å². The molecule has 4 atom stereocenters. The number of unbranched alkanes of at least 4 members (excludes halogenated alkanes) is 5. The highest BCUT2D eigenvalue weighted by Gasteiger charge is 2.38. The largest absolute Gasteiger partial charge is 0.358 e. The van der Waals surface area contributed by atoms with E-state index in [0.717, 1.165) is 77.0 Å². The van der Waals surface area contributed by atoms with Gasteiger partial charge in [-0.2, -0.15) is 0 Å². The topological polar surface area (TPSA) is 58.6 Å². The molecule has 0 saturated heterocycles. The molecular weight excluding hydrogens is 424 g/mol. The Balaban J connectivity index is 2.53. The zero-order chi connectivity index (χ0) is 25.3. The van der Waals surface area contributed by atoms with Gasteiger partial charge in [-0.3, -0.25) is 9.59 Å². The van der Waals surface area contributed by atoms with Crippen LogP contribution in [0.25, 0.3) is 0 Å². The van der Waals surface area contributed by atoms with Crippen molar-refractivity contribution in [2.45, 2.75) is 110 Å². The first-order valence-corrected chi connectivity index (χ1v) is 13.1. The van der Waals surface area contributed by atoms with Gasteiger partial charge in [0.05, 0.1) is 6.04 Å². The molecule has 0 saturated carbocycles. The molecule has 190 valence electrons. The molecule has 1 unspecified atom stereocenters. The third-order valence-electron chi connectivity index (χ3n) is 6.79. The normalized spacial score (nSPS) is 19.1. The Hall–Kier alpha value is -2.24. The number of ether oxygens (including phenoxy) is 1. The van der Waals surface area contributed by atoms with E-state index in [1.165, 1.54) is 5.57 Å². The molecule has 1 N–H and O–H groups in total. The number of hydrogen-bond donors (Lipinski definition) is 1. The summed E-state index contributed by atoms with van der Waals surface area (Å²) in [6, 6.07) is 0.0707. The fourth-order valence-electron chi connectivity index (χ4n) is 4.58. The number of carbonyl (C=O) groups excluding carboxylic acids is 2. The molecule has 0 spiro atoms. The van der Waals surface area contributed by atoms with Crippen LogP contribution in [0, 0.1) is 36.5 Å². The summed E-state index contributed by atoms with van der Waals surface area (Å²) in [6.07, 6.45) is 23.2. The quantitative estimate of drug-likeness (QED) is 0.175. The van der Waals surface area contributed by atoms with Gasteiger partial charge in [-0.1, -0.05) is 33.6 Å². The highest BCUT2D eigenvalue weighted by Crippen LogP contribution is 2.32. The van der Waals surface area contributed by atoms with E-state index in [-0.39, 0.29) is 35.9 Å². The third-order valence-corrected chi connectivity index (χ3v) is 6.79. The van der Waals surface area contributed by atoms with Crippen molar-refractivity contribution >= 4 is 11.8 Å². The first-order chi connectivity index (χ1) is 16.4. The summed E-state index contributed by atoms with van der Waals surface area (Å²) in [4.78, 5) is 27.6. The SMILES string of the molecule is C#CCCCC[C@@H](C)C(=O)NCCCC[C@H]1C(CC)=CC(OC)N1C(=O)[C@H](C)CCCCC#C. The second kappa shape index (κ2) is 17.2. The highest BCUT2D eigenvalue weighted by atomic mass is 16.5. The van der Waals surface area contributed by atoms with Crippen molar-refractivity contribution in [1.82, 2.24) is 10.2 Å². The number of carbonyl (C=O) groups is 2. The van der Waals surface area contributed by atoms with Crippen molar-refractivity contribution in [2.24, 2.45) is 11.8 Å². The second-order valence-corrected chi connectivity index (χ2v) is 9.47. The fraction of sp³-hybridized carbons (Fsp3) is 0.724. The number of nitrogens with zero attached hydrogens (tertiary/aromatic N) is 1. The Morgan fingerprint density at radius 2 is 1.65 bits per heavy atom. The number of amides is 2. The Bertz CT molecular complexity index is 731. The van der Waals surface area contributed by atoms with E-state index in [1.807, 2.05) is 18.7 Å². The van der Waals surface area contributed by atoms with Gasteiger partial charge >= 0.3 is 0 Å². The maximum Gasteiger partial charge on any atom is 0.228 e. The minimum Gasteiger partial charge on any atom is -0.358 e. The zero-order valence-electron chi connectivity index (χ0n) is 21.9. The Kier molecular flexibility index (Phi) is 15.1. The minimum absolute atomic E-state index is 0.0138. The van der Waals surface area contributed by atoms with Crippen LogP contribution in [0.5, 0.6) is 0 Å². The molecule has 0 aromatic heterocycles. The maximum atomic E-state index is 13.3. The molecule has 1 rings (SSSR count). The number of hydrogen-bond acceptors (Lipinski definition) is 3. The van der Waals surface area contributed by atoms with Crippen LogP contribution in [0.3, 0.4) is 0 Å². The van der Waals surface area contributed by atoms with Crippen LogP contribution in [-0.2, 0) is 14.3 Å². The van der Waals surface area contributed by atoms with Gasteiger partial charge in [0, 0.05) is 38.3 Å². The summed E-state index contributed by atoms with van der Waals surface area (Å²) < 4.78 is 5.67. The van der Waals surface area contributed by atoms with Crippen molar-refractivity contribution in [3.8, 4) is 24.7 Å². The number of methoxy groups -OCH3 is 1. The lowest BCUT2D eigenvalue weighted by Gasteiger charge is -2.33. The average Bonchev–Trinajstić information content (AvgIpc) is 3.20. The highest BCUT2D eigenvalue weighted by molar-refractivity contribution is 5.80. The summed E-state index contributed by atoms with van der Waals surface area (Å²) in [6.45, 7) is 6.78. The van der Waals surface area contributed by atoms with E-state index in [2.05, 4.69) is 30.2 Å². The van der Waals surface area contributed by atoms with Gasteiger partial charge in [0.2, 0.25) is 11.8 Å². The van der Waals surface area contributed by atoms with Crippen LogP contribution in [0.1, 0.15) is 97.8 Å². The Morgan fingerprint density at radius 1 is 1.03 bits per heavy atom. The van der Waals surface area contributed by atoms with E-state index in [4.69, 9.17) is 17.6 Å². The van der Waals surface area contributed by atoms with E-state index >= 15 is 0 Å². The van der Waals surface area contributed by atoms with Gasteiger partial charge in [-0.05, 0) is 63.0 Å². The number of rotatable bonds is 17. The van der Waals surface area contributed by atoms with Crippen LogP contribution in [0.15, 0.2) is 11.6 Å². The smallest absolute Gasteiger partial charge is 0.228 e. The lowest BCUT2D eigenvalue weighted by atomic mass is 9.97. The van der Waals surface area contributed by atoms with Gasteiger partial charge in [0.1, 0.15) is 0 Å². The van der Waals surface area contributed by atoms with Crippen LogP contribution < -0.4 is 5.32 Å². The number of nitrogens with one attached hydrogen (secondary N) is 1. The molecule has 2 amide bonds. The maximum absolute atomic E-state index is 13.3. The Labute approximate surface area is 208 Å². The monoisotopic (exact) mass is 470 g/mol. The summed E-state index contributed by atoms with van der Waals surface area (Å²) >= 11 is 0. The van der Waals surface area contributed by atoms with E-state index in [0.29, 0.717) is 6.54 Å². The molecule has 0 bridgehead atoms. The van der Waals surface area contributed by atoms with Crippen molar-refractivity contribution in [2.75, 3.05) is 13.7 Å². The van der Waals surface area contributed by atoms with E-state index in [1.54, 1.807) is 7.11 Å². The van der Waals surface area contributed by atoms with Crippen LogP contribution in [0.2, 0.25) is 0 Å². The zero-order valence-corrected chi connectivity index (χ0v) is 21.9. The predicted octanol–water partition coefficient (Wildman–Crippen LogP) is 5.45. The van der Waals surface area contributed by atoms with Crippen LogP contribution >= 0.6 is 0 Å². The van der Waals surface area contributed by atoms with Crippen LogP contribution in [0.4, 0.5) is 0 Å². The molecule has 34 heavy (non-hydrogen) atoms. The summed E-state index contributed by atoms with van der Waals surface area (Å²) in [7, 11) is 1.66. The van der Waals surface area contributed by atoms with Gasteiger partial charge in [0.25, 0.3) is 0 Å². The van der Waals surface area contributed by atoms with Crippen molar-refractivity contribution in [1.29, 1.82) is 0 Å². The van der Waals surface area contributed by atoms with Gasteiger partial charge < -0.3 is 15.0 Å². The molecule has 1 heterocycles. The fourth-order valence-corrected chi connectivity index (χ4v) is 4.58. The third kappa shape index (κ3) is 9.94. The first kappa shape index (κ1) is 29.8. The lowest BCUT2D eigenvalue weighted by molar-refractivity contribution is -0.146. The average molecular weight is 471 g/mol. The van der Waals surface area contributed by atoms with Crippen molar-refractivity contribution in [3.05, 3.63) is 11.6 Å². The molecule has 0 radical (unpaired) electrons. The molecule has 0 fully saturated rings. The van der Waals surface area contributed by atoms with E-state index in [9.17, 15) is 9.59 Å². The summed E-state index contributed by atoms with van der Waals surface area (Å²) in [5.74, 6) is 5.54. The minimum atomic E-state index is -0.296. The molecule has 1 aliphatic heterocycles. The molecular formula is C29H46N2O3. The second-order valence-electron chi connectivity index (χ2n) is 9.47. The molecule has 0 aromatic rings. The molecule has 0 aliphatic carbocycles. The summed E-state index contributed by atoms with van der Waals surface area (Å²) in [5, 5.41) is 3.07. The predicted molar refractivity (Wildman–Crippen MR) is 140 cm³/mol. The first-order valence-electron chi connectivity index (χ1n) is 13.1. The Morgan fingerprint density at radius 3 is 2.21 bits per heavy atom. The standard InChI is InChI=1S/C29H46N2O3/c1-7-10-12-14-18-23(4)28(32)30-21-17-16-20-26-25(9-3)22-27(34-6)31(26)29(33)24(5)19-15-13-11-8-2/h1-2,22-24,26-27H,9-21H2,3-6H3,(H,30,32)/t23-,24-,26+,27?/m1/s1. The molecule has 5 nitrogen and oxygen atoms in total. The van der Waals surface area contributed by atoms with Gasteiger partial charge in [-0.25, -0.2) is 0 Å². The molecule has 1 aliphatic rings. The molecule has 0 aromatic carbocycles. The van der Waals surface area contributed by atoms with Crippen LogP contribution in [-0.4, -0.2) is 42.6 Å². The molecule has 5 heteroatoms. The van der Waals surface area contributed by atoms with Gasteiger partial charge in [0.15, 0.2) is 6.23 Å².